The Hall–Kier alpha value is -2.67. The van der Waals surface area contributed by atoms with Crippen LogP contribution in [0.15, 0.2) is 51.0 Å². The van der Waals surface area contributed by atoms with Gasteiger partial charge in [0.1, 0.15) is 10.7 Å². The molecule has 2 amide bonds. The zero-order valence-corrected chi connectivity index (χ0v) is 13.2. The normalized spacial score (nSPS) is 12.0. The number of rotatable bonds is 4. The van der Waals surface area contributed by atoms with Crippen molar-refractivity contribution < 1.29 is 9.21 Å². The van der Waals surface area contributed by atoms with Crippen molar-refractivity contribution in [3.05, 3.63) is 63.7 Å². The molecule has 118 valence electrons. The molecule has 0 spiro atoms. The molecule has 0 aliphatic rings. The number of urea groups is 1. The number of carbonyl (C=O) groups is 1. The Morgan fingerprint density at radius 2 is 2.09 bits per heavy atom. The zero-order valence-electron chi connectivity index (χ0n) is 12.4. The van der Waals surface area contributed by atoms with Gasteiger partial charge in [-0.05, 0) is 23.9 Å². The molecule has 1 aromatic carbocycles. The van der Waals surface area contributed by atoms with Gasteiger partial charge in [0, 0.05) is 6.54 Å². The maximum absolute atomic E-state index is 11.9. The summed E-state index contributed by atoms with van der Waals surface area (Å²) in [5.41, 5.74) is 1.15. The molecular weight excluding hydrogens is 314 g/mol. The highest BCUT2D eigenvalue weighted by molar-refractivity contribution is 7.17. The molecule has 1 unspecified atom stereocenters. The third kappa shape index (κ3) is 3.57. The minimum Gasteiger partial charge on any atom is -0.405 e. The quantitative estimate of drug-likeness (QED) is 0.771. The molecule has 2 heterocycles. The van der Waals surface area contributed by atoms with Gasteiger partial charge in [-0.25, -0.2) is 14.6 Å². The predicted molar refractivity (Wildman–Crippen MR) is 88.4 cm³/mol. The minimum atomic E-state index is -0.511. The van der Waals surface area contributed by atoms with E-state index in [4.69, 9.17) is 4.42 Å². The second-order valence-corrected chi connectivity index (χ2v) is 5.92. The second kappa shape index (κ2) is 6.62. The number of hydrogen-bond acceptors (Lipinski definition) is 5. The molecule has 2 aromatic heterocycles. The molecule has 3 aromatic rings. The highest BCUT2D eigenvalue weighted by Gasteiger charge is 2.16. The van der Waals surface area contributed by atoms with Crippen LogP contribution in [0.1, 0.15) is 24.4 Å². The molecule has 0 fully saturated rings. The Kier molecular flexibility index (Phi) is 4.38. The van der Waals surface area contributed by atoms with Gasteiger partial charge in [0.25, 0.3) is 0 Å². The van der Waals surface area contributed by atoms with Gasteiger partial charge in [0.15, 0.2) is 0 Å². The van der Waals surface area contributed by atoms with Crippen molar-refractivity contribution in [3.63, 3.8) is 0 Å². The molecule has 2 N–H and O–H groups in total. The Balaban J connectivity index is 1.64. The van der Waals surface area contributed by atoms with E-state index in [9.17, 15) is 9.59 Å². The molecule has 7 heteroatoms. The van der Waals surface area contributed by atoms with Crippen LogP contribution >= 0.6 is 11.3 Å². The number of aromatic nitrogens is 1. The van der Waals surface area contributed by atoms with E-state index in [0.717, 1.165) is 5.56 Å². The topological polar surface area (TPSA) is 84.2 Å². The summed E-state index contributed by atoms with van der Waals surface area (Å²) in [4.78, 5) is 28.0. The molecule has 23 heavy (non-hydrogen) atoms. The molecule has 0 aliphatic heterocycles. The van der Waals surface area contributed by atoms with Gasteiger partial charge < -0.3 is 15.1 Å². The maximum atomic E-state index is 11.9. The number of carbonyl (C=O) groups excluding carboxylic acids is 1. The van der Waals surface area contributed by atoms with E-state index in [1.807, 2.05) is 30.3 Å². The van der Waals surface area contributed by atoms with Crippen LogP contribution in [0.2, 0.25) is 0 Å². The summed E-state index contributed by atoms with van der Waals surface area (Å²) in [6.07, 6.45) is 0. The fraction of sp³-hybridized carbons (Fsp3) is 0.188. The smallest absolute Gasteiger partial charge is 0.357 e. The molecule has 3 rings (SSSR count). The third-order valence-electron chi connectivity index (χ3n) is 3.27. The van der Waals surface area contributed by atoms with Crippen LogP contribution in [-0.4, -0.2) is 11.0 Å². The van der Waals surface area contributed by atoms with E-state index in [1.165, 1.54) is 11.3 Å². The molecule has 6 nitrogen and oxygen atoms in total. The van der Waals surface area contributed by atoms with Gasteiger partial charge in [0.05, 0.1) is 5.52 Å². The number of benzene rings is 1. The van der Waals surface area contributed by atoms with E-state index in [0.29, 0.717) is 16.8 Å². The largest absolute Gasteiger partial charge is 0.405 e. The minimum absolute atomic E-state index is 0.191. The van der Waals surface area contributed by atoms with E-state index in [2.05, 4.69) is 15.6 Å². The van der Waals surface area contributed by atoms with Crippen LogP contribution in [-0.2, 0) is 6.54 Å². The number of nitrogens with zero attached hydrogens (tertiary/aromatic N) is 1. The summed E-state index contributed by atoms with van der Waals surface area (Å²) in [5, 5.41) is 7.24. The highest BCUT2D eigenvalue weighted by atomic mass is 32.1. The fourth-order valence-corrected chi connectivity index (χ4v) is 2.80. The Bertz CT molecular complexity index is 873. The van der Waals surface area contributed by atoms with Gasteiger partial charge in [-0.1, -0.05) is 30.3 Å². The summed E-state index contributed by atoms with van der Waals surface area (Å²) >= 11 is 1.29. The molecule has 1 atom stereocenters. The number of thiophene rings is 1. The summed E-state index contributed by atoms with van der Waals surface area (Å²) in [7, 11) is 0. The summed E-state index contributed by atoms with van der Waals surface area (Å²) < 4.78 is 5.66. The van der Waals surface area contributed by atoms with Crippen molar-refractivity contribution in [1.29, 1.82) is 0 Å². The lowest BCUT2D eigenvalue weighted by Crippen LogP contribution is -2.37. The molecule has 0 aliphatic carbocycles. The standard InChI is InChI=1S/C16H15N3O3S/c1-10(14-19-12-7-8-23-13(12)15(20)22-14)18-16(21)17-9-11-5-3-2-4-6-11/h2-8,10H,9H2,1H3,(H2,17,18,21). The first-order chi connectivity index (χ1) is 11.1. The number of nitrogens with one attached hydrogen (secondary N) is 2. The Labute approximate surface area is 136 Å². The van der Waals surface area contributed by atoms with Gasteiger partial charge in [-0.3, -0.25) is 0 Å². The van der Waals surface area contributed by atoms with E-state index in [-0.39, 0.29) is 11.9 Å². The van der Waals surface area contributed by atoms with Crippen LogP contribution < -0.4 is 16.3 Å². The Morgan fingerprint density at radius 1 is 1.30 bits per heavy atom. The van der Waals surface area contributed by atoms with Crippen LogP contribution in [0.25, 0.3) is 10.2 Å². The average molecular weight is 329 g/mol. The van der Waals surface area contributed by atoms with Crippen molar-refractivity contribution in [3.8, 4) is 0 Å². The second-order valence-electron chi connectivity index (χ2n) is 5.01. The molecular formula is C16H15N3O3S. The zero-order chi connectivity index (χ0) is 16.2. The van der Waals surface area contributed by atoms with Crippen LogP contribution in [0.5, 0.6) is 0 Å². The summed E-state index contributed by atoms with van der Waals surface area (Å²) in [6, 6.07) is 10.5. The van der Waals surface area contributed by atoms with Crippen molar-refractivity contribution in [2.24, 2.45) is 0 Å². The Morgan fingerprint density at radius 3 is 2.87 bits per heavy atom. The van der Waals surface area contributed by atoms with E-state index >= 15 is 0 Å². The lowest BCUT2D eigenvalue weighted by Gasteiger charge is -2.13. The van der Waals surface area contributed by atoms with Gasteiger partial charge in [-0.2, -0.15) is 0 Å². The average Bonchev–Trinajstić information content (AvgIpc) is 3.03. The van der Waals surface area contributed by atoms with Gasteiger partial charge in [-0.15, -0.1) is 11.3 Å². The summed E-state index contributed by atoms with van der Waals surface area (Å²) in [6.45, 7) is 2.13. The van der Waals surface area contributed by atoms with Crippen LogP contribution in [0.4, 0.5) is 4.79 Å². The number of hydrogen-bond donors (Lipinski definition) is 2. The number of amides is 2. The monoisotopic (exact) mass is 329 g/mol. The molecule has 0 saturated carbocycles. The predicted octanol–water partition coefficient (Wildman–Crippen LogP) is 2.81. The SMILES string of the molecule is CC(NC(=O)NCc1ccccc1)c1nc2ccsc2c(=O)o1. The first kappa shape index (κ1) is 15.2. The van der Waals surface area contributed by atoms with E-state index in [1.54, 1.807) is 18.4 Å². The number of fused-ring (bicyclic) bond motifs is 1. The van der Waals surface area contributed by atoms with Crippen LogP contribution in [0, 0.1) is 0 Å². The molecule has 0 radical (unpaired) electrons. The molecule has 0 bridgehead atoms. The first-order valence-electron chi connectivity index (χ1n) is 7.10. The highest BCUT2D eigenvalue weighted by Crippen LogP contribution is 2.17. The molecule has 0 saturated heterocycles. The van der Waals surface area contributed by atoms with Crippen molar-refractivity contribution in [2.45, 2.75) is 19.5 Å². The van der Waals surface area contributed by atoms with Crippen molar-refractivity contribution >= 4 is 27.6 Å². The van der Waals surface area contributed by atoms with Gasteiger partial charge in [0.2, 0.25) is 5.89 Å². The van der Waals surface area contributed by atoms with Crippen molar-refractivity contribution in [2.75, 3.05) is 0 Å². The van der Waals surface area contributed by atoms with Gasteiger partial charge >= 0.3 is 11.7 Å². The lowest BCUT2D eigenvalue weighted by molar-refractivity contribution is 0.234. The maximum Gasteiger partial charge on any atom is 0.357 e. The van der Waals surface area contributed by atoms with Crippen molar-refractivity contribution in [1.82, 2.24) is 15.6 Å². The fourth-order valence-electron chi connectivity index (χ4n) is 2.10. The first-order valence-corrected chi connectivity index (χ1v) is 7.98. The summed E-state index contributed by atoms with van der Waals surface area (Å²) in [5.74, 6) is 0.191. The third-order valence-corrected chi connectivity index (χ3v) is 4.16. The van der Waals surface area contributed by atoms with E-state index < -0.39 is 11.7 Å². The van der Waals surface area contributed by atoms with Crippen LogP contribution in [0.3, 0.4) is 0 Å². The lowest BCUT2D eigenvalue weighted by atomic mass is 10.2.